The van der Waals surface area contributed by atoms with Crippen LogP contribution in [0.1, 0.15) is 69.9 Å². The van der Waals surface area contributed by atoms with Crippen LogP contribution in [0.2, 0.25) is 0 Å². The maximum Gasteiger partial charge on any atom is 0.303 e. The van der Waals surface area contributed by atoms with Gasteiger partial charge in [-0.3, -0.25) is 27.6 Å². The van der Waals surface area contributed by atoms with E-state index in [1.165, 1.54) is 19.2 Å². The molecule has 4 aromatic rings. The lowest BCUT2D eigenvalue weighted by molar-refractivity contribution is -0.441. The van der Waals surface area contributed by atoms with Gasteiger partial charge in [-0.15, -0.1) is 0 Å². The molecular formula is C52H67N2O22S5+. The Kier molecular flexibility index (Phi) is 21.4. The smallest absolute Gasteiger partial charge is 0.303 e. The number of benzene rings is 4. The third kappa shape index (κ3) is 15.8. The molecule has 2 aliphatic rings. The number of hydrogen-bond acceptors (Lipinski definition) is 17. The number of aliphatic carboxylic acids is 1. The number of ether oxygens (including phenoxy) is 5. The van der Waals surface area contributed by atoms with Gasteiger partial charge >= 0.3 is 5.97 Å². The second-order valence-corrected chi connectivity index (χ2v) is 26.9. The zero-order valence-electron chi connectivity index (χ0n) is 44.9. The van der Waals surface area contributed by atoms with E-state index in [1.807, 2.05) is 11.8 Å². The number of nitrogens with zero attached hydrogens (tertiary/aromatic N) is 2. The minimum absolute atomic E-state index is 0.0152. The molecule has 0 spiro atoms. The highest BCUT2D eigenvalue weighted by atomic mass is 32.2. The lowest BCUT2D eigenvalue weighted by Crippen LogP contribution is -2.32. The molecule has 0 saturated heterocycles. The number of methoxy groups -OCH3 is 2. The molecule has 6 N–H and O–H groups in total. The Labute approximate surface area is 471 Å². The second kappa shape index (κ2) is 26.7. The van der Waals surface area contributed by atoms with Crippen LogP contribution < -0.4 is 4.90 Å². The van der Waals surface area contributed by atoms with Gasteiger partial charge in [-0.1, -0.05) is 36.8 Å². The zero-order valence-corrected chi connectivity index (χ0v) is 49.0. The summed E-state index contributed by atoms with van der Waals surface area (Å²) in [6.07, 6.45) is 9.41. The summed E-state index contributed by atoms with van der Waals surface area (Å²) in [6.45, 7) is 5.64. The molecule has 6 rings (SSSR count). The highest BCUT2D eigenvalue weighted by Gasteiger charge is 2.50. The highest BCUT2D eigenvalue weighted by Crippen LogP contribution is 2.54. The van der Waals surface area contributed by atoms with Crippen molar-refractivity contribution >= 4 is 95.2 Å². The fraction of sp³-hybridized carbons (Fsp3) is 0.462. The first-order valence-electron chi connectivity index (χ1n) is 25.4. The number of rotatable bonds is 32. The van der Waals surface area contributed by atoms with E-state index in [4.69, 9.17) is 23.7 Å². The van der Waals surface area contributed by atoms with Crippen LogP contribution in [0, 0.1) is 0 Å². The lowest BCUT2D eigenvalue weighted by Gasteiger charge is -2.31. The molecule has 2 unspecified atom stereocenters. The van der Waals surface area contributed by atoms with Crippen LogP contribution in [0.4, 0.5) is 11.4 Å². The maximum absolute atomic E-state index is 13.0. The molecule has 81 heavy (non-hydrogen) atoms. The van der Waals surface area contributed by atoms with E-state index in [-0.39, 0.29) is 99.0 Å². The van der Waals surface area contributed by atoms with Crippen LogP contribution >= 0.6 is 0 Å². The molecular weight excluding hydrogens is 1160 g/mol. The average Bonchev–Trinajstić information content (AvgIpc) is 3.18. The van der Waals surface area contributed by atoms with Crippen LogP contribution in [0.5, 0.6) is 0 Å². The number of carbonyl (C=O) groups is 1. The predicted molar refractivity (Wildman–Crippen MR) is 298 cm³/mol. The first kappa shape index (κ1) is 65.1. The summed E-state index contributed by atoms with van der Waals surface area (Å²) >= 11 is 0. The van der Waals surface area contributed by atoms with Crippen molar-refractivity contribution in [2.45, 2.75) is 89.2 Å². The van der Waals surface area contributed by atoms with Gasteiger partial charge in [0, 0.05) is 79.1 Å². The van der Waals surface area contributed by atoms with Crippen molar-refractivity contribution in [3.63, 3.8) is 0 Å². The van der Waals surface area contributed by atoms with Crippen LogP contribution in [-0.2, 0) is 89.9 Å². The van der Waals surface area contributed by atoms with Gasteiger partial charge in [0.15, 0.2) is 12.3 Å². The molecule has 24 nitrogen and oxygen atoms in total. The fourth-order valence-corrected chi connectivity index (χ4v) is 13.6. The standard InChI is InChI=1S/C52H66N2O22S5/c1-51(19-11-31-77(57,58)59)46(54(22-24-72-3)43-35-45(81(69,70)71)38-16-15-36(78(60,61)62)32-40(38)50(43)51)12-7-5-8-13-47-52(2,20-23-74-27-28-76-30-29-75-26-25-73-4)49-41-33-37(79(63,64)65)34-44(80(66,67)68)39(41)17-18-42(49)53(47)21-10-6-9-14-48(55)56/h5,7-8,12-13,15-18,32-35H,6,9-11,14,19-31H2,1-4H3,(H5-,55,56,57,58,59,60,61,62,63,64,65,66,67,68,69,70,71)/p+1. The van der Waals surface area contributed by atoms with E-state index in [0.717, 1.165) is 24.3 Å². The average molecular weight is 1230 g/mol. The monoisotopic (exact) mass is 1230 g/mol. The third-order valence-electron chi connectivity index (χ3n) is 14.2. The van der Waals surface area contributed by atoms with Crippen molar-refractivity contribution in [1.82, 2.24) is 0 Å². The number of fused-ring (bicyclic) bond motifs is 6. The minimum Gasteiger partial charge on any atom is -0.481 e. The molecule has 0 aromatic heterocycles. The summed E-state index contributed by atoms with van der Waals surface area (Å²) in [4.78, 5) is 10.6. The normalized spacial score (nSPS) is 18.6. The summed E-state index contributed by atoms with van der Waals surface area (Å²) in [7, 11) is -21.6. The van der Waals surface area contributed by atoms with Gasteiger partial charge in [0.2, 0.25) is 5.69 Å². The Bertz CT molecular complexity index is 3730. The van der Waals surface area contributed by atoms with Gasteiger partial charge in [0.25, 0.3) is 50.6 Å². The van der Waals surface area contributed by atoms with Crippen LogP contribution in [0.3, 0.4) is 0 Å². The van der Waals surface area contributed by atoms with Gasteiger partial charge < -0.3 is 33.7 Å². The minimum atomic E-state index is -5.11. The molecule has 0 saturated carbocycles. The quantitative estimate of drug-likeness (QED) is 0.0138. The van der Waals surface area contributed by atoms with E-state index in [2.05, 4.69) is 0 Å². The van der Waals surface area contributed by atoms with Gasteiger partial charge in [0.1, 0.15) is 16.4 Å². The molecule has 0 amide bonds. The van der Waals surface area contributed by atoms with Crippen LogP contribution in [-0.4, -0.2) is 172 Å². The van der Waals surface area contributed by atoms with Crippen LogP contribution in [0.25, 0.3) is 21.5 Å². The van der Waals surface area contributed by atoms with Crippen molar-refractivity contribution in [2.24, 2.45) is 0 Å². The molecule has 0 radical (unpaired) electrons. The summed E-state index contributed by atoms with van der Waals surface area (Å²) in [6, 6.07) is 9.14. The van der Waals surface area contributed by atoms with Gasteiger partial charge in [0.05, 0.1) is 60.6 Å². The zero-order chi connectivity index (χ0) is 59.8. The first-order valence-corrected chi connectivity index (χ1v) is 32.7. The topological polar surface area (TPSA) is 362 Å². The number of allylic oxidation sites excluding steroid dienone is 6. The summed E-state index contributed by atoms with van der Waals surface area (Å²) in [5.41, 5.74) is -0.162. The summed E-state index contributed by atoms with van der Waals surface area (Å²) in [5, 5.41) is 9.24. The number of anilines is 1. The second-order valence-electron chi connectivity index (χ2n) is 19.7. The van der Waals surface area contributed by atoms with Crippen molar-refractivity contribution in [3.05, 3.63) is 95.7 Å². The molecule has 2 aliphatic heterocycles. The maximum atomic E-state index is 13.0. The first-order chi connectivity index (χ1) is 37.9. The van der Waals surface area contributed by atoms with Crippen LogP contribution in [0.15, 0.2) is 104 Å². The molecule has 0 bridgehead atoms. The van der Waals surface area contributed by atoms with Gasteiger partial charge in [-0.2, -0.15) is 46.7 Å². The highest BCUT2D eigenvalue weighted by molar-refractivity contribution is 7.87. The molecule has 2 atom stereocenters. The largest absolute Gasteiger partial charge is 0.481 e. The van der Waals surface area contributed by atoms with Crippen molar-refractivity contribution in [1.29, 1.82) is 0 Å². The Hall–Kier alpha value is -5.09. The van der Waals surface area contributed by atoms with E-state index < -0.39 is 92.7 Å². The lowest BCUT2D eigenvalue weighted by atomic mass is 9.74. The van der Waals surface area contributed by atoms with Crippen molar-refractivity contribution < 1.29 is 103 Å². The number of carboxylic acids is 1. The molecule has 446 valence electrons. The molecule has 4 aromatic carbocycles. The number of carboxylic acid groups (broad SMARTS) is 1. The van der Waals surface area contributed by atoms with Crippen molar-refractivity contribution in [2.75, 3.05) is 90.8 Å². The summed E-state index contributed by atoms with van der Waals surface area (Å²) in [5.74, 6) is -1.67. The van der Waals surface area contributed by atoms with Gasteiger partial charge in [-0.05, 0) is 98.7 Å². The third-order valence-corrected chi connectivity index (χ3v) is 18.4. The fourth-order valence-electron chi connectivity index (χ4n) is 10.5. The van der Waals surface area contributed by atoms with Gasteiger partial charge in [-0.25, -0.2) is 0 Å². The number of hydrogen-bond donors (Lipinski definition) is 6. The Morgan fingerprint density at radius 3 is 1.73 bits per heavy atom. The Morgan fingerprint density at radius 1 is 0.580 bits per heavy atom. The summed E-state index contributed by atoms with van der Waals surface area (Å²) < 4.78 is 207. The molecule has 0 fully saturated rings. The Balaban J connectivity index is 1.52. The van der Waals surface area contributed by atoms with E-state index in [0.29, 0.717) is 73.4 Å². The predicted octanol–water partition coefficient (Wildman–Crippen LogP) is 6.16. The van der Waals surface area contributed by atoms with E-state index in [9.17, 15) is 74.8 Å². The molecule has 29 heteroatoms. The van der Waals surface area contributed by atoms with E-state index in [1.54, 1.807) is 55.1 Å². The molecule has 2 heterocycles. The molecule has 0 aliphatic carbocycles. The van der Waals surface area contributed by atoms with E-state index >= 15 is 0 Å². The SMILES string of the molecule is COCCOCCOCCOCCC1(C)\C(=C/C=C/C=C/C2=[N+](CCOC)c3cc(S(=O)(=O)O)c4ccc(S(=O)(=O)O)cc4c3C2(C)CCCS(=O)(=O)O)N(CCCCCC(=O)O)c2ccc3c(S(=O)(=O)O)cc(S(=O)(=O)O)cc3c21. The Morgan fingerprint density at radius 2 is 1.15 bits per heavy atom. The number of unbranched alkanes of at least 4 members (excludes halogenated alkanes) is 2. The van der Waals surface area contributed by atoms with Crippen molar-refractivity contribution in [3.8, 4) is 0 Å².